The van der Waals surface area contributed by atoms with E-state index in [-0.39, 0.29) is 36.5 Å². The van der Waals surface area contributed by atoms with E-state index in [1.54, 1.807) is 26.0 Å². The maximum Gasteiger partial charge on any atom is 0.303 e. The van der Waals surface area contributed by atoms with Gasteiger partial charge in [-0.3, -0.25) is 9.59 Å². The first-order chi connectivity index (χ1) is 16.8. The molecule has 0 aromatic heterocycles. The van der Waals surface area contributed by atoms with Gasteiger partial charge in [-0.1, -0.05) is 30.7 Å². The summed E-state index contributed by atoms with van der Waals surface area (Å²) in [5, 5.41) is 23.9. The number of amides is 1. The number of epoxide rings is 1. The van der Waals surface area contributed by atoms with Crippen molar-refractivity contribution in [3.63, 3.8) is 0 Å². The van der Waals surface area contributed by atoms with Crippen LogP contribution in [0.4, 0.5) is 0 Å². The minimum absolute atomic E-state index is 0.0106. The maximum absolute atomic E-state index is 12.3. The molecule has 9 atom stereocenters. The molecule has 0 aromatic carbocycles. The Bertz CT molecular complexity index is 890. The molecule has 3 aliphatic rings. The van der Waals surface area contributed by atoms with Gasteiger partial charge in [0, 0.05) is 19.4 Å². The van der Waals surface area contributed by atoms with Gasteiger partial charge in [0.1, 0.15) is 23.9 Å². The molecule has 0 aliphatic carbocycles. The van der Waals surface area contributed by atoms with Gasteiger partial charge >= 0.3 is 5.97 Å². The predicted octanol–water partition coefficient (Wildman–Crippen LogP) is 2.31. The van der Waals surface area contributed by atoms with Gasteiger partial charge in [-0.25, -0.2) is 0 Å². The van der Waals surface area contributed by atoms with E-state index in [9.17, 15) is 19.8 Å². The van der Waals surface area contributed by atoms with Gasteiger partial charge in [-0.05, 0) is 52.5 Å². The molecule has 9 heteroatoms. The molecule has 3 heterocycles. The summed E-state index contributed by atoms with van der Waals surface area (Å²) in [5.41, 5.74) is 0.283. The fraction of sp³-hybridized carbons (Fsp3) is 0.704. The molecule has 1 amide bonds. The molecule has 3 N–H and O–H groups in total. The highest BCUT2D eigenvalue weighted by Crippen LogP contribution is 2.45. The molecule has 1 spiro atoms. The van der Waals surface area contributed by atoms with Crippen LogP contribution in [0.15, 0.2) is 36.0 Å². The topological polar surface area (TPSA) is 127 Å². The van der Waals surface area contributed by atoms with Crippen molar-refractivity contribution in [3.05, 3.63) is 36.0 Å². The van der Waals surface area contributed by atoms with E-state index in [1.165, 1.54) is 13.0 Å². The van der Waals surface area contributed by atoms with Crippen molar-refractivity contribution in [1.82, 2.24) is 5.32 Å². The Kier molecular flexibility index (Phi) is 9.16. The SMILES string of the molecule is CC(=O)OC(C)/C=C\C(=O)NC1CC(C)C(C/C=C(C)/C=C/C2OC(C)(O)CC3(CO3)C2O)OC1C. The standard InChI is InChI=1S/C27H41NO8/c1-16(8-11-23-25(31)27(15-33-27)14-26(6,32)36-23)7-10-22-17(2)13-21(19(4)35-22)28-24(30)12-9-18(3)34-20(5)29/h7-9,11-12,17-19,21-23,25,31-32H,10,13-15H2,1-6H3,(H,28,30)/b11-8+,12-9-,16-7+. The van der Waals surface area contributed by atoms with Crippen LogP contribution in [0.1, 0.15) is 60.8 Å². The Labute approximate surface area is 213 Å². The second kappa shape index (κ2) is 11.6. The van der Waals surface area contributed by atoms with Crippen molar-refractivity contribution in [2.45, 2.75) is 109 Å². The molecule has 3 rings (SSSR count). The Morgan fingerprint density at radius 2 is 1.94 bits per heavy atom. The highest BCUT2D eigenvalue weighted by atomic mass is 16.7. The third kappa shape index (κ3) is 7.73. The number of hydrogen-bond acceptors (Lipinski definition) is 8. The highest BCUT2D eigenvalue weighted by molar-refractivity contribution is 5.87. The van der Waals surface area contributed by atoms with Crippen LogP contribution in [0.3, 0.4) is 0 Å². The maximum atomic E-state index is 12.3. The molecule has 202 valence electrons. The number of aliphatic hydroxyl groups excluding tert-OH is 1. The van der Waals surface area contributed by atoms with Gasteiger partial charge in [0.15, 0.2) is 5.79 Å². The molecule has 3 fully saturated rings. The number of carbonyl (C=O) groups excluding carboxylic acids is 2. The van der Waals surface area contributed by atoms with E-state index in [2.05, 4.69) is 18.3 Å². The van der Waals surface area contributed by atoms with Gasteiger partial charge in [-0.2, -0.15) is 0 Å². The van der Waals surface area contributed by atoms with E-state index in [4.69, 9.17) is 18.9 Å². The lowest BCUT2D eigenvalue weighted by Crippen LogP contribution is -2.54. The van der Waals surface area contributed by atoms with Gasteiger partial charge in [0.2, 0.25) is 5.91 Å². The molecule has 0 bridgehead atoms. The largest absolute Gasteiger partial charge is 0.459 e. The van der Waals surface area contributed by atoms with Crippen molar-refractivity contribution in [2.24, 2.45) is 5.92 Å². The molecular formula is C27H41NO8. The van der Waals surface area contributed by atoms with E-state index >= 15 is 0 Å². The summed E-state index contributed by atoms with van der Waals surface area (Å²) in [4.78, 5) is 23.3. The average molecular weight is 508 g/mol. The van der Waals surface area contributed by atoms with E-state index in [0.717, 1.165) is 12.0 Å². The quantitative estimate of drug-likeness (QED) is 0.198. The molecule has 36 heavy (non-hydrogen) atoms. The lowest BCUT2D eigenvalue weighted by atomic mass is 9.87. The molecule has 9 unspecified atom stereocenters. The fourth-order valence-corrected chi connectivity index (χ4v) is 4.95. The van der Waals surface area contributed by atoms with Crippen LogP contribution in [0.2, 0.25) is 0 Å². The summed E-state index contributed by atoms with van der Waals surface area (Å²) in [6, 6.07) is -0.114. The lowest BCUT2D eigenvalue weighted by molar-refractivity contribution is -0.272. The van der Waals surface area contributed by atoms with Crippen LogP contribution in [-0.2, 0) is 28.5 Å². The monoisotopic (exact) mass is 507 g/mol. The molecule has 3 saturated heterocycles. The third-order valence-corrected chi connectivity index (χ3v) is 7.02. The zero-order chi connectivity index (χ0) is 26.7. The summed E-state index contributed by atoms with van der Waals surface area (Å²) >= 11 is 0. The lowest BCUT2D eigenvalue weighted by Gasteiger charge is -2.40. The van der Waals surface area contributed by atoms with Gasteiger partial charge < -0.3 is 34.5 Å². The molecule has 3 aliphatic heterocycles. The first-order valence-electron chi connectivity index (χ1n) is 12.7. The normalized spacial score (nSPS) is 39.9. The van der Waals surface area contributed by atoms with E-state index < -0.39 is 35.7 Å². The number of rotatable bonds is 8. The number of aliphatic hydroxyl groups is 2. The zero-order valence-electron chi connectivity index (χ0n) is 22.1. The number of ether oxygens (including phenoxy) is 4. The van der Waals surface area contributed by atoms with Crippen molar-refractivity contribution in [1.29, 1.82) is 0 Å². The molecule has 0 aromatic rings. The molecular weight excluding hydrogens is 466 g/mol. The minimum Gasteiger partial charge on any atom is -0.459 e. The fourth-order valence-electron chi connectivity index (χ4n) is 4.95. The number of hydrogen-bond donors (Lipinski definition) is 3. The smallest absolute Gasteiger partial charge is 0.303 e. The summed E-state index contributed by atoms with van der Waals surface area (Å²) in [7, 11) is 0. The van der Waals surface area contributed by atoms with Crippen molar-refractivity contribution >= 4 is 11.9 Å². The molecule has 0 radical (unpaired) electrons. The van der Waals surface area contributed by atoms with Crippen LogP contribution in [0.25, 0.3) is 0 Å². The van der Waals surface area contributed by atoms with E-state index in [0.29, 0.717) is 13.0 Å². The number of allylic oxidation sites excluding steroid dienone is 2. The zero-order valence-corrected chi connectivity index (χ0v) is 22.1. The van der Waals surface area contributed by atoms with Crippen LogP contribution < -0.4 is 5.32 Å². The van der Waals surface area contributed by atoms with Crippen LogP contribution in [-0.4, -0.2) is 76.6 Å². The van der Waals surface area contributed by atoms with Crippen LogP contribution in [0, 0.1) is 5.92 Å². The second-order valence-corrected chi connectivity index (χ2v) is 10.7. The summed E-state index contributed by atoms with van der Waals surface area (Å²) in [6.07, 6.45) is 8.33. The second-order valence-electron chi connectivity index (χ2n) is 10.7. The first-order valence-corrected chi connectivity index (χ1v) is 12.7. The first kappa shape index (κ1) is 28.5. The molecule has 9 nitrogen and oxygen atoms in total. The third-order valence-electron chi connectivity index (χ3n) is 7.02. The minimum atomic E-state index is -1.34. The summed E-state index contributed by atoms with van der Waals surface area (Å²) < 4.78 is 22.3. The van der Waals surface area contributed by atoms with Crippen molar-refractivity contribution in [2.75, 3.05) is 6.61 Å². The van der Waals surface area contributed by atoms with E-state index in [1.807, 2.05) is 19.9 Å². The van der Waals surface area contributed by atoms with Crippen LogP contribution >= 0.6 is 0 Å². The van der Waals surface area contributed by atoms with Gasteiger partial charge in [0.05, 0.1) is 24.9 Å². The highest BCUT2D eigenvalue weighted by Gasteiger charge is 2.61. The van der Waals surface area contributed by atoms with Gasteiger partial charge in [0.25, 0.3) is 0 Å². The Hall–Kier alpha value is -2.04. The molecule has 0 saturated carbocycles. The average Bonchev–Trinajstić information content (AvgIpc) is 3.54. The number of esters is 1. The van der Waals surface area contributed by atoms with Gasteiger partial charge in [-0.15, -0.1) is 0 Å². The predicted molar refractivity (Wildman–Crippen MR) is 133 cm³/mol. The Morgan fingerprint density at radius 3 is 2.58 bits per heavy atom. The number of carbonyl (C=O) groups is 2. The summed E-state index contributed by atoms with van der Waals surface area (Å²) in [6.45, 7) is 11.1. The number of nitrogens with one attached hydrogen (secondary N) is 1. The van der Waals surface area contributed by atoms with Crippen LogP contribution in [0.5, 0.6) is 0 Å². The Morgan fingerprint density at radius 1 is 1.25 bits per heavy atom. The Balaban J connectivity index is 1.49. The van der Waals surface area contributed by atoms with Crippen molar-refractivity contribution < 1.29 is 38.7 Å². The van der Waals surface area contributed by atoms with Crippen molar-refractivity contribution in [3.8, 4) is 0 Å². The summed E-state index contributed by atoms with van der Waals surface area (Å²) in [5.74, 6) is -1.75.